The maximum Gasteiger partial charge on any atom is 0.119 e. The lowest BCUT2D eigenvalue weighted by Crippen LogP contribution is -1.89. The van der Waals surface area contributed by atoms with Gasteiger partial charge in [0.2, 0.25) is 0 Å². The fourth-order valence-corrected chi connectivity index (χ4v) is 2.34. The molecule has 2 nitrogen and oxygen atoms in total. The maximum atomic E-state index is 4.22. The standard InChI is InChI=1S/C13H16N2S/c1-10(2)13-15-14-12(16-13)9-8-11-6-4-3-5-7-11/h3-7,10H,8-9H2,1-2H3. The molecule has 1 heterocycles. The second-order valence-corrected chi connectivity index (χ2v) is 5.27. The van der Waals surface area contributed by atoms with Gasteiger partial charge in [-0.15, -0.1) is 21.5 Å². The Morgan fingerprint density at radius 3 is 2.44 bits per heavy atom. The van der Waals surface area contributed by atoms with Crippen molar-refractivity contribution in [1.82, 2.24) is 10.2 Å². The first-order valence-corrected chi connectivity index (χ1v) is 6.43. The van der Waals surface area contributed by atoms with Gasteiger partial charge in [-0.1, -0.05) is 44.2 Å². The third-order valence-electron chi connectivity index (χ3n) is 2.45. The van der Waals surface area contributed by atoms with Gasteiger partial charge in [0.1, 0.15) is 10.0 Å². The van der Waals surface area contributed by atoms with Gasteiger partial charge in [0.05, 0.1) is 0 Å². The smallest absolute Gasteiger partial charge is 0.119 e. The van der Waals surface area contributed by atoms with Gasteiger partial charge in [-0.25, -0.2) is 0 Å². The lowest BCUT2D eigenvalue weighted by Gasteiger charge is -1.97. The Hall–Kier alpha value is -1.22. The molecule has 0 N–H and O–H groups in total. The predicted molar refractivity (Wildman–Crippen MR) is 67.8 cm³/mol. The summed E-state index contributed by atoms with van der Waals surface area (Å²) in [6, 6.07) is 10.5. The van der Waals surface area contributed by atoms with Crippen LogP contribution < -0.4 is 0 Å². The summed E-state index contributed by atoms with van der Waals surface area (Å²) < 4.78 is 0. The van der Waals surface area contributed by atoms with E-state index in [9.17, 15) is 0 Å². The van der Waals surface area contributed by atoms with Crippen LogP contribution in [-0.4, -0.2) is 10.2 Å². The molecule has 3 heteroatoms. The molecule has 2 aromatic rings. The Bertz CT molecular complexity index is 434. The summed E-state index contributed by atoms with van der Waals surface area (Å²) in [6.07, 6.45) is 2.04. The molecule has 0 fully saturated rings. The number of hydrogen-bond acceptors (Lipinski definition) is 3. The molecule has 0 radical (unpaired) electrons. The van der Waals surface area contributed by atoms with Crippen LogP contribution >= 0.6 is 11.3 Å². The molecule has 0 aliphatic carbocycles. The first kappa shape index (κ1) is 11.3. The molecule has 0 saturated carbocycles. The Kier molecular flexibility index (Phi) is 3.67. The minimum Gasteiger partial charge on any atom is -0.144 e. The maximum absolute atomic E-state index is 4.22. The number of hydrogen-bond donors (Lipinski definition) is 0. The van der Waals surface area contributed by atoms with Gasteiger partial charge >= 0.3 is 0 Å². The highest BCUT2D eigenvalue weighted by Crippen LogP contribution is 2.19. The number of aromatic nitrogens is 2. The molecule has 1 aromatic carbocycles. The average Bonchev–Trinajstić information content (AvgIpc) is 2.76. The number of rotatable bonds is 4. The summed E-state index contributed by atoms with van der Waals surface area (Å²) in [6.45, 7) is 4.31. The van der Waals surface area contributed by atoms with Crippen molar-refractivity contribution in [2.24, 2.45) is 0 Å². The minimum atomic E-state index is 0.489. The van der Waals surface area contributed by atoms with E-state index < -0.39 is 0 Å². The van der Waals surface area contributed by atoms with Crippen LogP contribution in [0.15, 0.2) is 30.3 Å². The number of benzene rings is 1. The van der Waals surface area contributed by atoms with Gasteiger partial charge < -0.3 is 0 Å². The van der Waals surface area contributed by atoms with Crippen LogP contribution in [0.3, 0.4) is 0 Å². The quantitative estimate of drug-likeness (QED) is 0.807. The van der Waals surface area contributed by atoms with E-state index in [1.165, 1.54) is 5.56 Å². The molecule has 0 aliphatic rings. The highest BCUT2D eigenvalue weighted by molar-refractivity contribution is 7.11. The average molecular weight is 232 g/mol. The zero-order valence-electron chi connectivity index (χ0n) is 9.68. The normalized spacial score (nSPS) is 10.9. The molecule has 0 unspecified atom stereocenters. The molecule has 1 aromatic heterocycles. The highest BCUT2D eigenvalue weighted by atomic mass is 32.1. The molecule has 0 atom stereocenters. The monoisotopic (exact) mass is 232 g/mol. The Labute approximate surface area is 100 Å². The van der Waals surface area contributed by atoms with Crippen LogP contribution in [0.2, 0.25) is 0 Å². The van der Waals surface area contributed by atoms with E-state index in [1.807, 2.05) is 6.07 Å². The zero-order chi connectivity index (χ0) is 11.4. The van der Waals surface area contributed by atoms with Crippen LogP contribution in [0.5, 0.6) is 0 Å². The van der Waals surface area contributed by atoms with E-state index >= 15 is 0 Å². The largest absolute Gasteiger partial charge is 0.144 e. The van der Waals surface area contributed by atoms with Crippen molar-refractivity contribution in [3.05, 3.63) is 45.9 Å². The van der Waals surface area contributed by atoms with Crippen LogP contribution in [0.4, 0.5) is 0 Å². The van der Waals surface area contributed by atoms with Crippen molar-refractivity contribution in [2.75, 3.05) is 0 Å². The summed E-state index contributed by atoms with van der Waals surface area (Å²) in [5.41, 5.74) is 1.36. The second kappa shape index (κ2) is 5.21. The van der Waals surface area contributed by atoms with E-state index in [1.54, 1.807) is 11.3 Å². The molecule has 2 rings (SSSR count). The van der Waals surface area contributed by atoms with E-state index in [2.05, 4.69) is 48.3 Å². The number of nitrogens with zero attached hydrogens (tertiary/aromatic N) is 2. The fraction of sp³-hybridized carbons (Fsp3) is 0.385. The van der Waals surface area contributed by atoms with Crippen molar-refractivity contribution in [3.8, 4) is 0 Å². The molecule has 0 amide bonds. The molecule has 0 bridgehead atoms. The third-order valence-corrected chi connectivity index (χ3v) is 3.73. The third kappa shape index (κ3) is 2.89. The van der Waals surface area contributed by atoms with Crippen LogP contribution in [0.1, 0.15) is 35.3 Å². The van der Waals surface area contributed by atoms with E-state index in [-0.39, 0.29) is 0 Å². The number of aryl methyl sites for hydroxylation is 2. The van der Waals surface area contributed by atoms with E-state index in [0.29, 0.717) is 5.92 Å². The molecular weight excluding hydrogens is 216 g/mol. The highest BCUT2D eigenvalue weighted by Gasteiger charge is 2.07. The van der Waals surface area contributed by atoms with E-state index in [4.69, 9.17) is 0 Å². The van der Waals surface area contributed by atoms with Crippen molar-refractivity contribution in [1.29, 1.82) is 0 Å². The molecule has 0 spiro atoms. The molecular formula is C13H16N2S. The Balaban J connectivity index is 1.95. The van der Waals surface area contributed by atoms with Crippen molar-refractivity contribution in [3.63, 3.8) is 0 Å². The molecule has 16 heavy (non-hydrogen) atoms. The van der Waals surface area contributed by atoms with Crippen molar-refractivity contribution in [2.45, 2.75) is 32.6 Å². The van der Waals surface area contributed by atoms with Gasteiger partial charge in [0.15, 0.2) is 0 Å². The van der Waals surface area contributed by atoms with Crippen LogP contribution in [-0.2, 0) is 12.8 Å². The molecule has 0 aliphatic heterocycles. The fourth-order valence-electron chi connectivity index (χ4n) is 1.50. The van der Waals surface area contributed by atoms with E-state index in [0.717, 1.165) is 22.9 Å². The lowest BCUT2D eigenvalue weighted by atomic mass is 10.1. The topological polar surface area (TPSA) is 25.8 Å². The second-order valence-electron chi connectivity index (χ2n) is 4.17. The Morgan fingerprint density at radius 2 is 1.81 bits per heavy atom. The summed E-state index contributed by atoms with van der Waals surface area (Å²) in [7, 11) is 0. The van der Waals surface area contributed by atoms with Gasteiger partial charge in [0.25, 0.3) is 0 Å². The van der Waals surface area contributed by atoms with Gasteiger partial charge in [-0.05, 0) is 12.0 Å². The minimum absolute atomic E-state index is 0.489. The van der Waals surface area contributed by atoms with Gasteiger partial charge in [-0.3, -0.25) is 0 Å². The summed E-state index contributed by atoms with van der Waals surface area (Å²) in [5.74, 6) is 0.489. The van der Waals surface area contributed by atoms with Crippen LogP contribution in [0, 0.1) is 0 Å². The summed E-state index contributed by atoms with van der Waals surface area (Å²) >= 11 is 1.74. The lowest BCUT2D eigenvalue weighted by molar-refractivity contribution is 0.813. The zero-order valence-corrected chi connectivity index (χ0v) is 10.5. The van der Waals surface area contributed by atoms with Crippen LogP contribution in [0.25, 0.3) is 0 Å². The Morgan fingerprint density at radius 1 is 1.06 bits per heavy atom. The van der Waals surface area contributed by atoms with Gasteiger partial charge in [-0.2, -0.15) is 0 Å². The summed E-state index contributed by atoms with van der Waals surface area (Å²) in [5, 5.41) is 10.7. The van der Waals surface area contributed by atoms with Crippen molar-refractivity contribution < 1.29 is 0 Å². The summed E-state index contributed by atoms with van der Waals surface area (Å²) in [4.78, 5) is 0. The first-order chi connectivity index (χ1) is 7.75. The predicted octanol–water partition coefficient (Wildman–Crippen LogP) is 3.45. The molecule has 84 valence electrons. The van der Waals surface area contributed by atoms with Gasteiger partial charge in [0, 0.05) is 12.3 Å². The molecule has 0 saturated heterocycles. The first-order valence-electron chi connectivity index (χ1n) is 5.62. The SMILES string of the molecule is CC(C)c1nnc(CCc2ccccc2)s1. The van der Waals surface area contributed by atoms with Crippen molar-refractivity contribution >= 4 is 11.3 Å².